The fraction of sp³-hybridized carbons (Fsp3) is 0.409. The number of likely N-dealkylation sites (N-methyl/N-ethyl adjacent to an activating group) is 1. The maximum absolute atomic E-state index is 12.4. The summed E-state index contributed by atoms with van der Waals surface area (Å²) in [4.78, 5) is 37.6. The van der Waals surface area contributed by atoms with E-state index in [1.165, 1.54) is 11.9 Å². The van der Waals surface area contributed by atoms with Gasteiger partial charge in [0.05, 0.1) is 19.6 Å². The van der Waals surface area contributed by atoms with Crippen LogP contribution in [0.15, 0.2) is 36.4 Å². The summed E-state index contributed by atoms with van der Waals surface area (Å²) < 4.78 is 10.4. The fourth-order valence-corrected chi connectivity index (χ4v) is 2.95. The second kappa shape index (κ2) is 8.94. The molecule has 1 aliphatic carbocycles. The normalized spacial score (nSPS) is 14.2. The van der Waals surface area contributed by atoms with Crippen LogP contribution in [0.5, 0.6) is 5.75 Å². The predicted octanol–water partition coefficient (Wildman–Crippen LogP) is 2.23. The van der Waals surface area contributed by atoms with Gasteiger partial charge in [0, 0.05) is 13.1 Å². The second-order valence-electron chi connectivity index (χ2n) is 7.39. The van der Waals surface area contributed by atoms with Crippen LogP contribution in [0.25, 0.3) is 10.8 Å². The Balaban J connectivity index is 1.53. The molecule has 2 aromatic carbocycles. The Hall–Kier alpha value is -3.09. The molecule has 0 bridgehead atoms. The van der Waals surface area contributed by atoms with Crippen molar-refractivity contribution in [1.29, 1.82) is 0 Å². The summed E-state index contributed by atoms with van der Waals surface area (Å²) in [5.74, 6) is -0.844. The van der Waals surface area contributed by atoms with Crippen molar-refractivity contribution in [2.75, 3.05) is 27.3 Å². The third kappa shape index (κ3) is 5.47. The lowest BCUT2D eigenvalue weighted by Crippen LogP contribution is -2.40. The van der Waals surface area contributed by atoms with Crippen molar-refractivity contribution in [1.82, 2.24) is 10.2 Å². The summed E-state index contributed by atoms with van der Waals surface area (Å²) in [6, 6.07) is 11.7. The van der Waals surface area contributed by atoms with E-state index in [0.29, 0.717) is 0 Å². The van der Waals surface area contributed by atoms with Gasteiger partial charge in [-0.15, -0.1) is 0 Å². The topological polar surface area (TPSA) is 84.9 Å². The first kappa shape index (κ1) is 20.6. The van der Waals surface area contributed by atoms with Crippen LogP contribution in [0.2, 0.25) is 0 Å². The minimum atomic E-state index is -0.516. The number of carbonyl (C=O) groups is 3. The molecular formula is C22H26N2O5. The van der Waals surface area contributed by atoms with Gasteiger partial charge in [-0.2, -0.15) is 0 Å². The first-order valence-electron chi connectivity index (χ1n) is 9.65. The van der Waals surface area contributed by atoms with Gasteiger partial charge >= 0.3 is 5.97 Å². The Morgan fingerprint density at radius 3 is 2.52 bits per heavy atom. The van der Waals surface area contributed by atoms with Gasteiger partial charge in [0.2, 0.25) is 5.91 Å². The summed E-state index contributed by atoms with van der Waals surface area (Å²) in [6.07, 6.45) is 1.97. The fourth-order valence-electron chi connectivity index (χ4n) is 2.95. The van der Waals surface area contributed by atoms with Gasteiger partial charge in [-0.3, -0.25) is 14.4 Å². The van der Waals surface area contributed by atoms with Crippen LogP contribution < -0.4 is 10.1 Å². The van der Waals surface area contributed by atoms with E-state index in [4.69, 9.17) is 9.47 Å². The molecule has 3 rings (SSSR count). The molecular weight excluding hydrogens is 372 g/mol. The van der Waals surface area contributed by atoms with E-state index in [2.05, 4.69) is 5.32 Å². The molecule has 1 fully saturated rings. The van der Waals surface area contributed by atoms with Crippen LogP contribution in [0, 0.1) is 0 Å². The molecule has 1 saturated carbocycles. The summed E-state index contributed by atoms with van der Waals surface area (Å²) in [5, 5.41) is 4.81. The Kier molecular flexibility index (Phi) is 6.36. The van der Waals surface area contributed by atoms with Crippen LogP contribution in [-0.2, 0) is 19.1 Å². The molecule has 0 heterocycles. The number of rotatable bonds is 8. The van der Waals surface area contributed by atoms with Crippen molar-refractivity contribution < 1.29 is 23.9 Å². The van der Waals surface area contributed by atoms with Gasteiger partial charge in [0.25, 0.3) is 5.91 Å². The molecule has 1 atom stereocenters. The zero-order valence-electron chi connectivity index (χ0n) is 16.9. The molecule has 0 unspecified atom stereocenters. The Labute approximate surface area is 170 Å². The lowest BCUT2D eigenvalue weighted by atomic mass is 9.98. The molecule has 0 spiro atoms. The number of nitrogens with zero attached hydrogens (tertiary/aromatic N) is 1. The maximum atomic E-state index is 12.4. The van der Waals surface area contributed by atoms with Crippen molar-refractivity contribution in [3.05, 3.63) is 42.0 Å². The van der Waals surface area contributed by atoms with E-state index in [1.807, 2.05) is 36.4 Å². The summed E-state index contributed by atoms with van der Waals surface area (Å²) >= 11 is 0. The highest BCUT2D eigenvalue weighted by Gasteiger charge is 2.25. The van der Waals surface area contributed by atoms with Crippen molar-refractivity contribution in [3.8, 4) is 5.75 Å². The Bertz CT molecular complexity index is 923. The molecule has 1 N–H and O–H groups in total. The average molecular weight is 398 g/mol. The number of hydrogen-bond acceptors (Lipinski definition) is 5. The molecule has 29 heavy (non-hydrogen) atoms. The SMILES string of the molecule is COc1ccc2cc([C@H](C)C(=O)OCC(=O)N(C)CC(=O)NC3CC3)ccc2c1. The highest BCUT2D eigenvalue weighted by Crippen LogP contribution is 2.25. The maximum Gasteiger partial charge on any atom is 0.313 e. The van der Waals surface area contributed by atoms with Gasteiger partial charge in [0.15, 0.2) is 6.61 Å². The van der Waals surface area contributed by atoms with E-state index in [1.54, 1.807) is 14.0 Å². The number of hydrogen-bond donors (Lipinski definition) is 1. The molecule has 0 aromatic heterocycles. The van der Waals surface area contributed by atoms with Crippen molar-refractivity contribution >= 4 is 28.6 Å². The molecule has 154 valence electrons. The number of methoxy groups -OCH3 is 1. The minimum Gasteiger partial charge on any atom is -0.497 e. The number of carbonyl (C=O) groups excluding carboxylic acids is 3. The van der Waals surface area contributed by atoms with Crippen LogP contribution in [0.3, 0.4) is 0 Å². The third-order valence-corrected chi connectivity index (χ3v) is 5.01. The van der Waals surface area contributed by atoms with Gasteiger partial charge < -0.3 is 19.7 Å². The predicted molar refractivity (Wildman–Crippen MR) is 109 cm³/mol. The summed E-state index contributed by atoms with van der Waals surface area (Å²) in [6.45, 7) is 1.31. The molecule has 0 saturated heterocycles. The summed E-state index contributed by atoms with van der Waals surface area (Å²) in [7, 11) is 3.13. The number of amides is 2. The highest BCUT2D eigenvalue weighted by molar-refractivity contribution is 5.89. The van der Waals surface area contributed by atoms with Crippen LogP contribution in [-0.4, -0.2) is 56.0 Å². The second-order valence-corrected chi connectivity index (χ2v) is 7.39. The Morgan fingerprint density at radius 1 is 1.14 bits per heavy atom. The van der Waals surface area contributed by atoms with Gasteiger partial charge in [-0.05, 0) is 48.2 Å². The van der Waals surface area contributed by atoms with E-state index in [9.17, 15) is 14.4 Å². The van der Waals surface area contributed by atoms with E-state index in [0.717, 1.165) is 34.9 Å². The first-order chi connectivity index (χ1) is 13.9. The lowest BCUT2D eigenvalue weighted by molar-refractivity contribution is -0.152. The minimum absolute atomic E-state index is 0.0451. The quantitative estimate of drug-likeness (QED) is 0.690. The first-order valence-corrected chi connectivity index (χ1v) is 9.65. The van der Waals surface area contributed by atoms with E-state index in [-0.39, 0.29) is 25.1 Å². The average Bonchev–Trinajstić information content (AvgIpc) is 3.53. The zero-order valence-corrected chi connectivity index (χ0v) is 16.9. The number of fused-ring (bicyclic) bond motifs is 1. The smallest absolute Gasteiger partial charge is 0.313 e. The van der Waals surface area contributed by atoms with Crippen LogP contribution in [0.4, 0.5) is 0 Å². The molecule has 2 amide bonds. The lowest BCUT2D eigenvalue weighted by Gasteiger charge is -2.18. The highest BCUT2D eigenvalue weighted by atomic mass is 16.5. The molecule has 0 aliphatic heterocycles. The van der Waals surface area contributed by atoms with Gasteiger partial charge in [-0.25, -0.2) is 0 Å². The molecule has 7 nitrogen and oxygen atoms in total. The van der Waals surface area contributed by atoms with Gasteiger partial charge in [0.1, 0.15) is 5.75 Å². The largest absolute Gasteiger partial charge is 0.497 e. The van der Waals surface area contributed by atoms with Crippen molar-refractivity contribution in [2.24, 2.45) is 0 Å². The summed E-state index contributed by atoms with van der Waals surface area (Å²) in [5.41, 5.74) is 0.803. The molecule has 1 aliphatic rings. The molecule has 7 heteroatoms. The number of esters is 1. The van der Waals surface area contributed by atoms with Crippen molar-refractivity contribution in [3.63, 3.8) is 0 Å². The molecule has 0 radical (unpaired) electrons. The molecule has 2 aromatic rings. The number of benzene rings is 2. The van der Waals surface area contributed by atoms with Crippen molar-refractivity contribution in [2.45, 2.75) is 31.7 Å². The monoisotopic (exact) mass is 398 g/mol. The Morgan fingerprint density at radius 2 is 1.83 bits per heavy atom. The number of ether oxygens (including phenoxy) is 2. The standard InChI is InChI=1S/C22H26N2O5/c1-14(15-4-5-17-11-19(28-3)9-6-16(17)10-15)22(27)29-13-21(26)24(2)12-20(25)23-18-7-8-18/h4-6,9-11,14,18H,7-8,12-13H2,1-3H3,(H,23,25)/t14-/m0/s1. The van der Waals surface area contributed by atoms with Crippen LogP contribution >= 0.6 is 0 Å². The van der Waals surface area contributed by atoms with Crippen LogP contribution in [0.1, 0.15) is 31.2 Å². The third-order valence-electron chi connectivity index (χ3n) is 5.01. The zero-order chi connectivity index (χ0) is 21.0. The van der Waals surface area contributed by atoms with E-state index < -0.39 is 17.8 Å². The van der Waals surface area contributed by atoms with Gasteiger partial charge in [-0.1, -0.05) is 24.3 Å². The number of nitrogens with one attached hydrogen (secondary N) is 1. The van der Waals surface area contributed by atoms with E-state index >= 15 is 0 Å².